The summed E-state index contributed by atoms with van der Waals surface area (Å²) in [6.07, 6.45) is 1.91. The van der Waals surface area contributed by atoms with Crippen molar-refractivity contribution in [3.05, 3.63) is 17.7 Å². The van der Waals surface area contributed by atoms with Crippen LogP contribution in [0.3, 0.4) is 0 Å². The molecule has 0 atom stereocenters. The van der Waals surface area contributed by atoms with Crippen molar-refractivity contribution in [1.29, 1.82) is 0 Å². The van der Waals surface area contributed by atoms with Crippen LogP contribution in [-0.4, -0.2) is 45.5 Å². The van der Waals surface area contributed by atoms with Crippen LogP contribution in [0.25, 0.3) is 0 Å². The fourth-order valence-corrected chi connectivity index (χ4v) is 2.82. The Bertz CT molecular complexity index is 697. The standard InChI is InChI=1S/C13H16N2O5S/c1-15(8-2-3-8)13(16)10-6-9(21(14,17)18)7-11-12(10)20-5-4-19-11/h6-8H,2-5H2,1H3,(H2,14,17,18). The average Bonchev–Trinajstić information content (AvgIpc) is 3.28. The summed E-state index contributed by atoms with van der Waals surface area (Å²) in [7, 11) is -2.23. The molecule has 0 radical (unpaired) electrons. The van der Waals surface area contributed by atoms with E-state index in [9.17, 15) is 13.2 Å². The number of carbonyl (C=O) groups is 1. The largest absolute Gasteiger partial charge is 0.486 e. The molecule has 0 spiro atoms. The van der Waals surface area contributed by atoms with Crippen LogP contribution < -0.4 is 14.6 Å². The average molecular weight is 312 g/mol. The van der Waals surface area contributed by atoms with Crippen LogP contribution >= 0.6 is 0 Å². The summed E-state index contributed by atoms with van der Waals surface area (Å²) in [5.74, 6) is 0.233. The van der Waals surface area contributed by atoms with E-state index < -0.39 is 10.0 Å². The van der Waals surface area contributed by atoms with Crippen LogP contribution in [-0.2, 0) is 10.0 Å². The zero-order valence-corrected chi connectivity index (χ0v) is 12.4. The van der Waals surface area contributed by atoms with E-state index in [4.69, 9.17) is 14.6 Å². The number of ether oxygens (including phenoxy) is 2. The number of carbonyl (C=O) groups excluding carboxylic acids is 1. The third kappa shape index (κ3) is 2.68. The number of amides is 1. The van der Waals surface area contributed by atoms with Gasteiger partial charge in [0.15, 0.2) is 11.5 Å². The van der Waals surface area contributed by atoms with Gasteiger partial charge in [0.2, 0.25) is 10.0 Å². The van der Waals surface area contributed by atoms with Crippen LogP contribution in [0, 0.1) is 0 Å². The monoisotopic (exact) mass is 312 g/mol. The lowest BCUT2D eigenvalue weighted by Gasteiger charge is -2.24. The van der Waals surface area contributed by atoms with Crippen molar-refractivity contribution < 1.29 is 22.7 Å². The van der Waals surface area contributed by atoms with E-state index in [-0.39, 0.29) is 33.9 Å². The maximum absolute atomic E-state index is 12.5. The van der Waals surface area contributed by atoms with Gasteiger partial charge < -0.3 is 14.4 Å². The van der Waals surface area contributed by atoms with Crippen molar-refractivity contribution >= 4 is 15.9 Å². The molecule has 7 nitrogen and oxygen atoms in total. The Morgan fingerprint density at radius 3 is 2.57 bits per heavy atom. The molecule has 1 fully saturated rings. The lowest BCUT2D eigenvalue weighted by Crippen LogP contribution is -2.30. The highest BCUT2D eigenvalue weighted by molar-refractivity contribution is 7.89. The van der Waals surface area contributed by atoms with Crippen molar-refractivity contribution in [1.82, 2.24) is 4.90 Å². The van der Waals surface area contributed by atoms with Gasteiger partial charge in [0.1, 0.15) is 13.2 Å². The molecule has 0 bridgehead atoms. The van der Waals surface area contributed by atoms with Crippen molar-refractivity contribution in [3.8, 4) is 11.5 Å². The number of sulfonamides is 1. The SMILES string of the molecule is CN(C(=O)c1cc(S(N)(=O)=O)cc2c1OCCO2)C1CC1. The summed E-state index contributed by atoms with van der Waals surface area (Å²) >= 11 is 0. The Kier molecular flexibility index (Phi) is 3.29. The molecule has 21 heavy (non-hydrogen) atoms. The lowest BCUT2D eigenvalue weighted by molar-refractivity contribution is 0.0774. The second-order valence-electron chi connectivity index (χ2n) is 5.19. The highest BCUT2D eigenvalue weighted by Gasteiger charge is 2.33. The van der Waals surface area contributed by atoms with Gasteiger partial charge in [-0.2, -0.15) is 0 Å². The third-order valence-corrected chi connectivity index (χ3v) is 4.48. The second kappa shape index (κ2) is 4.88. The minimum absolute atomic E-state index is 0.153. The molecule has 114 valence electrons. The quantitative estimate of drug-likeness (QED) is 0.867. The molecule has 1 aliphatic carbocycles. The van der Waals surface area contributed by atoms with Gasteiger partial charge in [-0.15, -0.1) is 0 Å². The molecular formula is C13H16N2O5S. The molecule has 1 heterocycles. The van der Waals surface area contributed by atoms with Crippen LogP contribution in [0.1, 0.15) is 23.2 Å². The van der Waals surface area contributed by atoms with Gasteiger partial charge in [-0.3, -0.25) is 4.79 Å². The van der Waals surface area contributed by atoms with Crippen molar-refractivity contribution in [2.24, 2.45) is 5.14 Å². The van der Waals surface area contributed by atoms with Crippen molar-refractivity contribution in [3.63, 3.8) is 0 Å². The summed E-state index contributed by atoms with van der Waals surface area (Å²) in [6.45, 7) is 0.613. The number of hydrogen-bond donors (Lipinski definition) is 1. The van der Waals surface area contributed by atoms with Gasteiger partial charge in [-0.05, 0) is 18.9 Å². The van der Waals surface area contributed by atoms with Crippen LogP contribution in [0.2, 0.25) is 0 Å². The van der Waals surface area contributed by atoms with Crippen LogP contribution in [0.4, 0.5) is 0 Å². The predicted octanol–water partition coefficient (Wildman–Crippen LogP) is 0.340. The molecule has 1 aromatic rings. The second-order valence-corrected chi connectivity index (χ2v) is 6.75. The van der Waals surface area contributed by atoms with Gasteiger partial charge in [0.05, 0.1) is 10.5 Å². The van der Waals surface area contributed by atoms with E-state index in [0.717, 1.165) is 12.8 Å². The third-order valence-electron chi connectivity index (χ3n) is 3.59. The first kappa shape index (κ1) is 14.2. The number of nitrogens with zero attached hydrogens (tertiary/aromatic N) is 1. The van der Waals surface area contributed by atoms with E-state index in [1.807, 2.05) is 0 Å². The maximum Gasteiger partial charge on any atom is 0.257 e. The van der Waals surface area contributed by atoms with E-state index in [2.05, 4.69) is 0 Å². The van der Waals surface area contributed by atoms with Gasteiger partial charge >= 0.3 is 0 Å². The Morgan fingerprint density at radius 2 is 1.95 bits per heavy atom. The fourth-order valence-electron chi connectivity index (χ4n) is 2.27. The summed E-state index contributed by atoms with van der Waals surface area (Å²) in [5.41, 5.74) is 0.172. The summed E-state index contributed by atoms with van der Waals surface area (Å²) in [5, 5.41) is 5.16. The fraction of sp³-hybridized carbons (Fsp3) is 0.462. The zero-order chi connectivity index (χ0) is 15.2. The number of hydrogen-bond acceptors (Lipinski definition) is 5. The summed E-state index contributed by atoms with van der Waals surface area (Å²) in [6, 6.07) is 2.75. The first-order chi connectivity index (χ1) is 9.88. The maximum atomic E-state index is 12.5. The number of benzene rings is 1. The Balaban J connectivity index is 2.10. The topological polar surface area (TPSA) is 98.9 Å². The van der Waals surface area contributed by atoms with Crippen molar-refractivity contribution in [2.45, 2.75) is 23.8 Å². The molecule has 0 saturated heterocycles. The molecule has 1 aliphatic heterocycles. The van der Waals surface area contributed by atoms with Gasteiger partial charge in [-0.25, -0.2) is 13.6 Å². The van der Waals surface area contributed by atoms with Gasteiger partial charge in [-0.1, -0.05) is 0 Å². The van der Waals surface area contributed by atoms with E-state index in [0.29, 0.717) is 13.2 Å². The Hall–Kier alpha value is -1.80. The molecule has 2 aliphatic rings. The van der Waals surface area contributed by atoms with Crippen LogP contribution in [0.5, 0.6) is 11.5 Å². The summed E-state index contributed by atoms with van der Waals surface area (Å²) in [4.78, 5) is 14.0. The molecule has 1 aromatic carbocycles. The summed E-state index contributed by atoms with van der Waals surface area (Å²) < 4.78 is 34.0. The Morgan fingerprint density at radius 1 is 1.29 bits per heavy atom. The first-order valence-electron chi connectivity index (χ1n) is 6.61. The Labute approximate surface area is 122 Å². The first-order valence-corrected chi connectivity index (χ1v) is 8.16. The number of rotatable bonds is 3. The smallest absolute Gasteiger partial charge is 0.257 e. The normalized spacial score (nSPS) is 17.4. The molecular weight excluding hydrogens is 296 g/mol. The highest BCUT2D eigenvalue weighted by atomic mass is 32.2. The van der Waals surface area contributed by atoms with Gasteiger partial charge in [0.25, 0.3) is 5.91 Å². The minimum atomic E-state index is -3.93. The molecule has 1 amide bonds. The lowest BCUT2D eigenvalue weighted by atomic mass is 10.1. The molecule has 0 aromatic heterocycles. The van der Waals surface area contributed by atoms with E-state index in [1.54, 1.807) is 11.9 Å². The van der Waals surface area contributed by atoms with Gasteiger partial charge in [0, 0.05) is 19.2 Å². The predicted molar refractivity (Wildman–Crippen MR) is 73.9 cm³/mol. The van der Waals surface area contributed by atoms with Crippen molar-refractivity contribution in [2.75, 3.05) is 20.3 Å². The van der Waals surface area contributed by atoms with Crippen LogP contribution in [0.15, 0.2) is 17.0 Å². The molecule has 3 rings (SSSR count). The molecule has 8 heteroatoms. The molecule has 2 N–H and O–H groups in total. The minimum Gasteiger partial charge on any atom is -0.486 e. The van der Waals surface area contributed by atoms with E-state index >= 15 is 0 Å². The number of fused-ring (bicyclic) bond motifs is 1. The number of primary sulfonamides is 1. The molecule has 1 saturated carbocycles. The van der Waals surface area contributed by atoms with E-state index in [1.165, 1.54) is 12.1 Å². The highest BCUT2D eigenvalue weighted by Crippen LogP contribution is 2.38. The zero-order valence-electron chi connectivity index (χ0n) is 11.5. The number of nitrogens with two attached hydrogens (primary N) is 1. The molecule has 0 unspecified atom stereocenters.